The molecule has 0 aromatic carbocycles. The summed E-state index contributed by atoms with van der Waals surface area (Å²) in [5, 5.41) is 7.99. The standard InChI is InChI=1S/C14H23NS/c1-14(2,3)11-4-6-12(7-5-11)15-13-8-9-16-10-13/h8-12,15H,4-7H2,1-3H3. The number of anilines is 1. The van der Waals surface area contributed by atoms with E-state index < -0.39 is 0 Å². The Morgan fingerprint density at radius 3 is 2.38 bits per heavy atom. The lowest BCUT2D eigenvalue weighted by Gasteiger charge is -2.37. The maximum absolute atomic E-state index is 3.64. The van der Waals surface area contributed by atoms with Crippen LogP contribution in [-0.4, -0.2) is 6.04 Å². The third kappa shape index (κ3) is 3.00. The van der Waals surface area contributed by atoms with Gasteiger partial charge in [0, 0.05) is 17.1 Å². The van der Waals surface area contributed by atoms with Crippen molar-refractivity contribution in [1.82, 2.24) is 0 Å². The lowest BCUT2D eigenvalue weighted by molar-refractivity contribution is 0.173. The van der Waals surface area contributed by atoms with E-state index in [9.17, 15) is 0 Å². The van der Waals surface area contributed by atoms with Gasteiger partial charge >= 0.3 is 0 Å². The van der Waals surface area contributed by atoms with E-state index in [-0.39, 0.29) is 0 Å². The highest BCUT2D eigenvalue weighted by Gasteiger charge is 2.29. The summed E-state index contributed by atoms with van der Waals surface area (Å²) in [5.74, 6) is 0.910. The molecule has 1 aromatic heterocycles. The molecular formula is C14H23NS. The van der Waals surface area contributed by atoms with Crippen molar-refractivity contribution in [1.29, 1.82) is 0 Å². The van der Waals surface area contributed by atoms with E-state index in [0.717, 1.165) is 5.92 Å². The van der Waals surface area contributed by atoms with Crippen LogP contribution in [0.25, 0.3) is 0 Å². The van der Waals surface area contributed by atoms with Gasteiger partial charge in [0.05, 0.1) is 0 Å². The maximum Gasteiger partial charge on any atom is 0.0450 e. The number of thiophene rings is 1. The van der Waals surface area contributed by atoms with Crippen molar-refractivity contribution in [3.8, 4) is 0 Å². The first-order valence-corrected chi connectivity index (χ1v) is 7.29. The molecule has 0 amide bonds. The van der Waals surface area contributed by atoms with Gasteiger partial charge in [0.15, 0.2) is 0 Å². The van der Waals surface area contributed by atoms with Crippen LogP contribution >= 0.6 is 11.3 Å². The molecule has 1 N–H and O–H groups in total. The highest BCUT2D eigenvalue weighted by atomic mass is 32.1. The van der Waals surface area contributed by atoms with E-state index in [1.54, 1.807) is 11.3 Å². The molecule has 0 unspecified atom stereocenters. The topological polar surface area (TPSA) is 12.0 Å². The largest absolute Gasteiger partial charge is 0.382 e. The zero-order valence-corrected chi connectivity index (χ0v) is 11.4. The summed E-state index contributed by atoms with van der Waals surface area (Å²) >= 11 is 1.77. The fraction of sp³-hybridized carbons (Fsp3) is 0.714. The molecule has 1 aromatic rings. The molecule has 0 saturated heterocycles. The van der Waals surface area contributed by atoms with E-state index in [1.165, 1.54) is 31.4 Å². The molecule has 1 heterocycles. The van der Waals surface area contributed by atoms with E-state index in [0.29, 0.717) is 11.5 Å². The van der Waals surface area contributed by atoms with E-state index >= 15 is 0 Å². The summed E-state index contributed by atoms with van der Waals surface area (Å²) in [6.07, 6.45) is 5.42. The van der Waals surface area contributed by atoms with Crippen LogP contribution < -0.4 is 5.32 Å². The van der Waals surface area contributed by atoms with Gasteiger partial charge in [-0.25, -0.2) is 0 Å². The van der Waals surface area contributed by atoms with Crippen molar-refractivity contribution in [3.05, 3.63) is 16.8 Å². The van der Waals surface area contributed by atoms with E-state index in [2.05, 4.69) is 42.9 Å². The highest BCUT2D eigenvalue weighted by Crippen LogP contribution is 2.38. The molecule has 1 fully saturated rings. The molecule has 2 heteroatoms. The predicted molar refractivity (Wildman–Crippen MR) is 73.1 cm³/mol. The number of rotatable bonds is 2. The minimum absolute atomic E-state index is 0.493. The Bertz CT molecular complexity index is 302. The molecule has 0 atom stereocenters. The first kappa shape index (κ1) is 12.0. The van der Waals surface area contributed by atoms with Crippen molar-refractivity contribution in [2.75, 3.05) is 5.32 Å². The zero-order chi connectivity index (χ0) is 11.6. The van der Waals surface area contributed by atoms with Crippen LogP contribution in [0, 0.1) is 11.3 Å². The summed E-state index contributed by atoms with van der Waals surface area (Å²) in [4.78, 5) is 0. The van der Waals surface area contributed by atoms with Crippen LogP contribution in [0.1, 0.15) is 46.5 Å². The fourth-order valence-electron chi connectivity index (χ4n) is 2.69. The minimum atomic E-state index is 0.493. The number of hydrogen-bond donors (Lipinski definition) is 1. The monoisotopic (exact) mass is 237 g/mol. The normalized spacial score (nSPS) is 26.7. The molecule has 2 rings (SSSR count). The van der Waals surface area contributed by atoms with Gasteiger partial charge in [0.25, 0.3) is 0 Å². The van der Waals surface area contributed by atoms with Crippen molar-refractivity contribution in [2.45, 2.75) is 52.5 Å². The summed E-state index contributed by atoms with van der Waals surface area (Å²) in [6, 6.07) is 2.88. The van der Waals surface area contributed by atoms with Crippen LogP contribution in [0.2, 0.25) is 0 Å². The van der Waals surface area contributed by atoms with Crippen LogP contribution in [0.4, 0.5) is 5.69 Å². The van der Waals surface area contributed by atoms with Gasteiger partial charge in [0.1, 0.15) is 0 Å². The molecule has 0 bridgehead atoms. The molecule has 1 aliphatic carbocycles. The average Bonchev–Trinajstić information content (AvgIpc) is 2.70. The molecular weight excluding hydrogens is 214 g/mol. The summed E-state index contributed by atoms with van der Waals surface area (Å²) < 4.78 is 0. The second-order valence-electron chi connectivity index (χ2n) is 6.07. The summed E-state index contributed by atoms with van der Waals surface area (Å²) in [7, 11) is 0. The summed E-state index contributed by atoms with van der Waals surface area (Å²) in [6.45, 7) is 7.14. The van der Waals surface area contributed by atoms with Gasteiger partial charge < -0.3 is 5.32 Å². The Labute approximate surface area is 103 Å². The smallest absolute Gasteiger partial charge is 0.0450 e. The van der Waals surface area contributed by atoms with Gasteiger partial charge in [-0.2, -0.15) is 11.3 Å². The van der Waals surface area contributed by atoms with Crippen molar-refractivity contribution >= 4 is 17.0 Å². The zero-order valence-electron chi connectivity index (χ0n) is 10.6. The highest BCUT2D eigenvalue weighted by molar-refractivity contribution is 7.08. The molecule has 1 saturated carbocycles. The van der Waals surface area contributed by atoms with Gasteiger partial charge in [-0.05, 0) is 48.5 Å². The van der Waals surface area contributed by atoms with Crippen molar-refractivity contribution in [2.24, 2.45) is 11.3 Å². The maximum atomic E-state index is 3.64. The van der Waals surface area contributed by atoms with Crippen LogP contribution in [-0.2, 0) is 0 Å². The number of nitrogens with one attached hydrogen (secondary N) is 1. The molecule has 0 aliphatic heterocycles. The SMILES string of the molecule is CC(C)(C)C1CCC(Nc2ccsc2)CC1. The average molecular weight is 237 g/mol. The quantitative estimate of drug-likeness (QED) is 0.781. The second kappa shape index (κ2) is 4.79. The Morgan fingerprint density at radius 1 is 1.19 bits per heavy atom. The molecule has 1 aliphatic rings. The second-order valence-corrected chi connectivity index (χ2v) is 6.85. The third-order valence-corrected chi connectivity index (χ3v) is 4.53. The third-order valence-electron chi connectivity index (χ3n) is 3.84. The molecule has 0 spiro atoms. The van der Waals surface area contributed by atoms with Gasteiger partial charge in [-0.15, -0.1) is 0 Å². The molecule has 1 nitrogen and oxygen atoms in total. The predicted octanol–water partition coefficient (Wildman–Crippen LogP) is 4.76. The molecule has 16 heavy (non-hydrogen) atoms. The Hall–Kier alpha value is -0.500. The minimum Gasteiger partial charge on any atom is -0.382 e. The van der Waals surface area contributed by atoms with Gasteiger partial charge in [0.2, 0.25) is 0 Å². The van der Waals surface area contributed by atoms with Crippen molar-refractivity contribution in [3.63, 3.8) is 0 Å². The number of hydrogen-bond acceptors (Lipinski definition) is 2. The van der Waals surface area contributed by atoms with Crippen molar-refractivity contribution < 1.29 is 0 Å². The molecule has 0 radical (unpaired) electrons. The molecule has 90 valence electrons. The van der Waals surface area contributed by atoms with Gasteiger partial charge in [-0.1, -0.05) is 20.8 Å². The van der Waals surface area contributed by atoms with Gasteiger partial charge in [-0.3, -0.25) is 0 Å². The first-order valence-electron chi connectivity index (χ1n) is 6.34. The fourth-order valence-corrected chi connectivity index (χ4v) is 3.28. The van der Waals surface area contributed by atoms with Crippen LogP contribution in [0.15, 0.2) is 16.8 Å². The van der Waals surface area contributed by atoms with Crippen LogP contribution in [0.3, 0.4) is 0 Å². The Morgan fingerprint density at radius 2 is 1.88 bits per heavy atom. The van der Waals surface area contributed by atoms with Crippen LogP contribution in [0.5, 0.6) is 0 Å². The lowest BCUT2D eigenvalue weighted by Crippen LogP contribution is -2.31. The first-order chi connectivity index (χ1) is 7.55. The van der Waals surface area contributed by atoms with E-state index in [1.807, 2.05) is 0 Å². The Balaban J connectivity index is 1.82. The van der Waals surface area contributed by atoms with E-state index in [4.69, 9.17) is 0 Å². The lowest BCUT2D eigenvalue weighted by atomic mass is 9.71. The summed E-state index contributed by atoms with van der Waals surface area (Å²) in [5.41, 5.74) is 1.80. The Kier molecular flexibility index (Phi) is 3.58.